The average Bonchev–Trinajstić information content (AvgIpc) is 3.19. The molecule has 1 amide bonds. The summed E-state index contributed by atoms with van der Waals surface area (Å²) in [6.07, 6.45) is 9.70. The lowest BCUT2D eigenvalue weighted by atomic mass is 9.96. The molecular formula is C22H23FN4O. The number of piperidine rings is 1. The zero-order chi connectivity index (χ0) is 19.3. The van der Waals surface area contributed by atoms with Crippen molar-refractivity contribution in [2.75, 3.05) is 13.1 Å². The van der Waals surface area contributed by atoms with Crippen LogP contribution in [0.15, 0.2) is 61.2 Å². The first-order chi connectivity index (χ1) is 13.7. The molecule has 0 saturated carbocycles. The quantitative estimate of drug-likeness (QED) is 0.684. The molecule has 4 rings (SSSR count). The molecule has 3 heterocycles. The van der Waals surface area contributed by atoms with E-state index in [1.807, 2.05) is 29.4 Å². The predicted octanol–water partition coefficient (Wildman–Crippen LogP) is 3.41. The maximum atomic E-state index is 13.1. The Morgan fingerprint density at radius 3 is 2.64 bits per heavy atom. The Balaban J connectivity index is 1.43. The molecule has 1 aliphatic heterocycles. The molecule has 5 nitrogen and oxygen atoms in total. The Morgan fingerprint density at radius 2 is 1.86 bits per heavy atom. The summed E-state index contributed by atoms with van der Waals surface area (Å²) in [5.41, 5.74) is 2.02. The van der Waals surface area contributed by atoms with Crippen LogP contribution in [-0.4, -0.2) is 38.4 Å². The van der Waals surface area contributed by atoms with Crippen LogP contribution in [0.5, 0.6) is 0 Å². The highest BCUT2D eigenvalue weighted by Gasteiger charge is 2.27. The lowest BCUT2D eigenvalue weighted by Crippen LogP contribution is -2.40. The number of hydrogen-bond donors (Lipinski definition) is 0. The summed E-state index contributed by atoms with van der Waals surface area (Å²) in [5, 5.41) is 0. The van der Waals surface area contributed by atoms with E-state index in [4.69, 9.17) is 0 Å². The molecule has 1 aliphatic rings. The topological polar surface area (TPSA) is 51.0 Å². The molecule has 3 aromatic rings. The van der Waals surface area contributed by atoms with E-state index in [2.05, 4.69) is 14.5 Å². The molecule has 1 fully saturated rings. The lowest BCUT2D eigenvalue weighted by Gasteiger charge is -2.33. The molecular weight excluding hydrogens is 355 g/mol. The standard InChI is InChI=1S/C22H23FN4O/c23-20-5-3-17(4-6-20)14-21(28)26-12-1-2-19(16-26)22-25-11-13-27(22)15-18-7-9-24-10-8-18/h3-11,13,19H,1-2,12,14-16H2/t19-/m0/s1. The van der Waals surface area contributed by atoms with Crippen LogP contribution < -0.4 is 0 Å². The van der Waals surface area contributed by atoms with Gasteiger partial charge in [-0.25, -0.2) is 9.37 Å². The third-order valence-corrected chi connectivity index (χ3v) is 5.26. The van der Waals surface area contributed by atoms with Gasteiger partial charge in [0, 0.05) is 50.3 Å². The second kappa shape index (κ2) is 8.33. The summed E-state index contributed by atoms with van der Waals surface area (Å²) in [7, 11) is 0. The summed E-state index contributed by atoms with van der Waals surface area (Å²) in [6, 6.07) is 10.2. The number of rotatable bonds is 5. The molecule has 0 aliphatic carbocycles. The van der Waals surface area contributed by atoms with Crippen molar-refractivity contribution in [2.24, 2.45) is 0 Å². The van der Waals surface area contributed by atoms with Gasteiger partial charge in [-0.1, -0.05) is 12.1 Å². The number of imidazole rings is 1. The summed E-state index contributed by atoms with van der Waals surface area (Å²) < 4.78 is 15.2. The van der Waals surface area contributed by atoms with Gasteiger partial charge in [-0.05, 0) is 48.2 Å². The van der Waals surface area contributed by atoms with E-state index in [0.717, 1.165) is 37.3 Å². The Morgan fingerprint density at radius 1 is 1.07 bits per heavy atom. The maximum absolute atomic E-state index is 13.1. The van der Waals surface area contributed by atoms with Crippen LogP contribution in [0.25, 0.3) is 0 Å². The van der Waals surface area contributed by atoms with Gasteiger partial charge in [0.2, 0.25) is 5.91 Å². The number of hydrogen-bond acceptors (Lipinski definition) is 3. The Labute approximate surface area is 163 Å². The number of halogens is 1. The van der Waals surface area contributed by atoms with Gasteiger partial charge in [-0.15, -0.1) is 0 Å². The zero-order valence-electron chi connectivity index (χ0n) is 15.7. The van der Waals surface area contributed by atoms with E-state index in [1.54, 1.807) is 24.5 Å². The molecule has 1 saturated heterocycles. The van der Waals surface area contributed by atoms with Crippen molar-refractivity contribution in [3.63, 3.8) is 0 Å². The molecule has 144 valence electrons. The van der Waals surface area contributed by atoms with Gasteiger partial charge in [0.05, 0.1) is 6.42 Å². The van der Waals surface area contributed by atoms with E-state index in [0.29, 0.717) is 13.0 Å². The van der Waals surface area contributed by atoms with E-state index in [9.17, 15) is 9.18 Å². The summed E-state index contributed by atoms with van der Waals surface area (Å²) in [6.45, 7) is 2.19. The summed E-state index contributed by atoms with van der Waals surface area (Å²) in [5.74, 6) is 1.05. The Hall–Kier alpha value is -3.02. The normalized spacial score (nSPS) is 16.9. The van der Waals surface area contributed by atoms with Gasteiger partial charge in [-0.2, -0.15) is 0 Å². The van der Waals surface area contributed by atoms with Gasteiger partial charge in [-0.3, -0.25) is 9.78 Å². The highest BCUT2D eigenvalue weighted by atomic mass is 19.1. The number of amides is 1. The predicted molar refractivity (Wildman–Crippen MR) is 104 cm³/mol. The van der Waals surface area contributed by atoms with Crippen LogP contribution in [0, 0.1) is 5.82 Å². The Bertz CT molecular complexity index is 923. The van der Waals surface area contributed by atoms with E-state index in [-0.39, 0.29) is 17.6 Å². The molecule has 28 heavy (non-hydrogen) atoms. The molecule has 2 aromatic heterocycles. The van der Waals surface area contributed by atoms with Crippen molar-refractivity contribution >= 4 is 5.91 Å². The third-order valence-electron chi connectivity index (χ3n) is 5.26. The van der Waals surface area contributed by atoms with Gasteiger partial charge in [0.25, 0.3) is 0 Å². The largest absolute Gasteiger partial charge is 0.342 e. The van der Waals surface area contributed by atoms with E-state index >= 15 is 0 Å². The molecule has 1 atom stereocenters. The minimum atomic E-state index is -0.282. The van der Waals surface area contributed by atoms with Crippen molar-refractivity contribution in [2.45, 2.75) is 31.7 Å². The first kappa shape index (κ1) is 18.3. The third kappa shape index (κ3) is 4.27. The second-order valence-corrected chi connectivity index (χ2v) is 7.25. The van der Waals surface area contributed by atoms with Crippen LogP contribution in [-0.2, 0) is 17.8 Å². The van der Waals surface area contributed by atoms with Gasteiger partial charge in [0.1, 0.15) is 11.6 Å². The lowest BCUT2D eigenvalue weighted by molar-refractivity contribution is -0.131. The molecule has 0 N–H and O–H groups in total. The smallest absolute Gasteiger partial charge is 0.227 e. The van der Waals surface area contributed by atoms with Crippen molar-refractivity contribution in [1.82, 2.24) is 19.4 Å². The van der Waals surface area contributed by atoms with Gasteiger partial charge >= 0.3 is 0 Å². The van der Waals surface area contributed by atoms with Crippen LogP contribution in [0.3, 0.4) is 0 Å². The number of likely N-dealkylation sites (tertiary alicyclic amines) is 1. The van der Waals surface area contributed by atoms with Crippen molar-refractivity contribution in [3.05, 3.63) is 84.0 Å². The van der Waals surface area contributed by atoms with Gasteiger partial charge < -0.3 is 9.47 Å². The van der Waals surface area contributed by atoms with Crippen molar-refractivity contribution in [1.29, 1.82) is 0 Å². The van der Waals surface area contributed by atoms with E-state index in [1.165, 1.54) is 17.7 Å². The molecule has 0 bridgehead atoms. The summed E-state index contributed by atoms with van der Waals surface area (Å²) in [4.78, 5) is 23.3. The number of benzene rings is 1. The molecule has 0 unspecified atom stereocenters. The average molecular weight is 378 g/mol. The highest BCUT2D eigenvalue weighted by Crippen LogP contribution is 2.26. The number of nitrogens with zero attached hydrogens (tertiary/aromatic N) is 4. The number of carbonyl (C=O) groups excluding carboxylic acids is 1. The second-order valence-electron chi connectivity index (χ2n) is 7.25. The zero-order valence-corrected chi connectivity index (χ0v) is 15.7. The molecule has 1 aromatic carbocycles. The summed E-state index contributed by atoms with van der Waals surface area (Å²) >= 11 is 0. The Kier molecular flexibility index (Phi) is 5.46. The monoisotopic (exact) mass is 378 g/mol. The maximum Gasteiger partial charge on any atom is 0.227 e. The molecule has 6 heteroatoms. The van der Waals surface area contributed by atoms with Gasteiger partial charge in [0.15, 0.2) is 0 Å². The fraction of sp³-hybridized carbons (Fsp3) is 0.318. The van der Waals surface area contributed by atoms with Crippen LogP contribution in [0.4, 0.5) is 4.39 Å². The van der Waals surface area contributed by atoms with Crippen LogP contribution in [0.1, 0.15) is 35.7 Å². The number of carbonyl (C=O) groups is 1. The fourth-order valence-electron chi connectivity index (χ4n) is 3.80. The van der Waals surface area contributed by atoms with Crippen LogP contribution >= 0.6 is 0 Å². The minimum Gasteiger partial charge on any atom is -0.342 e. The highest BCUT2D eigenvalue weighted by molar-refractivity contribution is 5.79. The first-order valence-corrected chi connectivity index (χ1v) is 9.61. The van der Waals surface area contributed by atoms with E-state index < -0.39 is 0 Å². The molecule has 0 radical (unpaired) electrons. The van der Waals surface area contributed by atoms with Crippen molar-refractivity contribution < 1.29 is 9.18 Å². The SMILES string of the molecule is O=C(Cc1ccc(F)cc1)N1CCC[C@H](c2nccn2Cc2ccncc2)C1. The van der Waals surface area contributed by atoms with Crippen molar-refractivity contribution in [3.8, 4) is 0 Å². The number of pyridine rings is 1. The van der Waals surface area contributed by atoms with Crippen LogP contribution in [0.2, 0.25) is 0 Å². The minimum absolute atomic E-state index is 0.0866. The molecule has 0 spiro atoms. The number of aromatic nitrogens is 3. The first-order valence-electron chi connectivity index (χ1n) is 9.61. The fourth-order valence-corrected chi connectivity index (χ4v) is 3.80.